The van der Waals surface area contributed by atoms with Gasteiger partial charge in [0.05, 0.1) is 19.5 Å². The molecule has 25 heavy (non-hydrogen) atoms. The van der Waals surface area contributed by atoms with Gasteiger partial charge >= 0.3 is 0 Å². The Hall–Kier alpha value is -2.34. The lowest BCUT2D eigenvalue weighted by Gasteiger charge is -2.40. The van der Waals surface area contributed by atoms with Gasteiger partial charge in [-0.15, -0.1) is 0 Å². The molecule has 0 radical (unpaired) electrons. The Bertz CT molecular complexity index is 686. The number of hydrogen-bond donors (Lipinski definition) is 0. The molecule has 2 heterocycles. The van der Waals surface area contributed by atoms with Crippen molar-refractivity contribution >= 4 is 5.91 Å². The smallest absolute Gasteiger partial charge is 0.222 e. The zero-order valence-electron chi connectivity index (χ0n) is 15.0. The highest BCUT2D eigenvalue weighted by Gasteiger charge is 2.29. The van der Waals surface area contributed by atoms with Crippen LogP contribution in [0, 0.1) is 0 Å². The molecule has 1 atom stereocenters. The second kappa shape index (κ2) is 8.16. The number of hydrogen-bond acceptors (Lipinski definition) is 4. The SMILES string of the molecule is COc1ccccc1[C@H]1CN(C(=O)CCCn2ccnc2)CCN1C. The maximum Gasteiger partial charge on any atom is 0.222 e. The molecule has 1 aliphatic rings. The summed E-state index contributed by atoms with van der Waals surface area (Å²) in [5.74, 6) is 1.11. The number of imidazole rings is 1. The molecule has 3 rings (SSSR count). The average Bonchev–Trinajstić information content (AvgIpc) is 3.15. The Balaban J connectivity index is 1.60. The lowest BCUT2D eigenvalue weighted by atomic mass is 10.0. The summed E-state index contributed by atoms with van der Waals surface area (Å²) >= 11 is 0. The summed E-state index contributed by atoms with van der Waals surface area (Å²) in [5, 5.41) is 0. The maximum atomic E-state index is 12.6. The molecule has 1 saturated heterocycles. The summed E-state index contributed by atoms with van der Waals surface area (Å²) in [6, 6.07) is 8.24. The Morgan fingerprint density at radius 2 is 2.16 bits per heavy atom. The van der Waals surface area contributed by atoms with Gasteiger partial charge in [-0.25, -0.2) is 4.98 Å². The number of aromatic nitrogens is 2. The molecule has 0 N–H and O–H groups in total. The molecule has 0 saturated carbocycles. The molecule has 1 aliphatic heterocycles. The average molecular weight is 342 g/mol. The second-order valence-corrected chi connectivity index (χ2v) is 6.48. The third-order valence-electron chi connectivity index (χ3n) is 4.86. The second-order valence-electron chi connectivity index (χ2n) is 6.48. The number of para-hydroxylation sites is 1. The minimum absolute atomic E-state index is 0.169. The van der Waals surface area contributed by atoms with Gasteiger partial charge in [-0.05, 0) is 19.5 Å². The number of likely N-dealkylation sites (N-methyl/N-ethyl adjacent to an activating group) is 1. The van der Waals surface area contributed by atoms with Crippen LogP contribution in [0.25, 0.3) is 0 Å². The number of carbonyl (C=O) groups is 1. The van der Waals surface area contributed by atoms with E-state index in [1.54, 1.807) is 19.6 Å². The molecule has 134 valence electrons. The minimum Gasteiger partial charge on any atom is -0.496 e. The van der Waals surface area contributed by atoms with Gasteiger partial charge in [0, 0.05) is 50.6 Å². The first-order valence-electron chi connectivity index (χ1n) is 8.75. The molecule has 1 aromatic heterocycles. The summed E-state index contributed by atoms with van der Waals surface area (Å²) in [6.07, 6.45) is 6.89. The molecule has 1 amide bonds. The molecule has 1 aromatic carbocycles. The summed E-state index contributed by atoms with van der Waals surface area (Å²) in [6.45, 7) is 3.19. The van der Waals surface area contributed by atoms with Crippen molar-refractivity contribution in [2.45, 2.75) is 25.4 Å². The topological polar surface area (TPSA) is 50.6 Å². The first-order chi connectivity index (χ1) is 12.2. The number of ether oxygens (including phenoxy) is 1. The van der Waals surface area contributed by atoms with Crippen molar-refractivity contribution in [1.82, 2.24) is 19.4 Å². The van der Waals surface area contributed by atoms with E-state index in [-0.39, 0.29) is 11.9 Å². The Morgan fingerprint density at radius 1 is 1.32 bits per heavy atom. The molecule has 0 aliphatic carbocycles. The van der Waals surface area contributed by atoms with Crippen LogP contribution in [0.4, 0.5) is 0 Å². The van der Waals surface area contributed by atoms with E-state index in [2.05, 4.69) is 23.0 Å². The number of aryl methyl sites for hydroxylation is 1. The van der Waals surface area contributed by atoms with E-state index < -0.39 is 0 Å². The highest BCUT2D eigenvalue weighted by Crippen LogP contribution is 2.31. The fraction of sp³-hybridized carbons (Fsp3) is 0.474. The van der Waals surface area contributed by atoms with Crippen LogP contribution in [0.5, 0.6) is 5.75 Å². The normalized spacial score (nSPS) is 18.3. The largest absolute Gasteiger partial charge is 0.496 e. The summed E-state index contributed by atoms with van der Waals surface area (Å²) in [5.41, 5.74) is 1.14. The molecule has 6 heteroatoms. The molecule has 6 nitrogen and oxygen atoms in total. The fourth-order valence-electron chi connectivity index (χ4n) is 3.37. The molecule has 0 unspecified atom stereocenters. The monoisotopic (exact) mass is 342 g/mol. The highest BCUT2D eigenvalue weighted by atomic mass is 16.5. The Morgan fingerprint density at radius 3 is 2.92 bits per heavy atom. The van der Waals surface area contributed by atoms with Gasteiger partial charge < -0.3 is 14.2 Å². The van der Waals surface area contributed by atoms with E-state index in [9.17, 15) is 4.79 Å². The first-order valence-corrected chi connectivity index (χ1v) is 8.75. The van der Waals surface area contributed by atoms with Crippen molar-refractivity contribution < 1.29 is 9.53 Å². The van der Waals surface area contributed by atoms with E-state index >= 15 is 0 Å². The molecule has 0 spiro atoms. The number of amides is 1. The lowest BCUT2D eigenvalue weighted by molar-refractivity contribution is -0.134. The lowest BCUT2D eigenvalue weighted by Crippen LogP contribution is -2.49. The summed E-state index contributed by atoms with van der Waals surface area (Å²) < 4.78 is 7.52. The van der Waals surface area contributed by atoms with Gasteiger partial charge in [0.15, 0.2) is 0 Å². The van der Waals surface area contributed by atoms with Crippen LogP contribution in [0.2, 0.25) is 0 Å². The van der Waals surface area contributed by atoms with Gasteiger partial charge in [0.25, 0.3) is 0 Å². The fourth-order valence-corrected chi connectivity index (χ4v) is 3.37. The van der Waals surface area contributed by atoms with Gasteiger partial charge in [0.1, 0.15) is 5.75 Å². The molecule has 2 aromatic rings. The highest BCUT2D eigenvalue weighted by molar-refractivity contribution is 5.76. The van der Waals surface area contributed by atoms with Crippen molar-refractivity contribution in [3.63, 3.8) is 0 Å². The third-order valence-corrected chi connectivity index (χ3v) is 4.86. The van der Waals surface area contributed by atoms with Crippen molar-refractivity contribution in [1.29, 1.82) is 0 Å². The van der Waals surface area contributed by atoms with Gasteiger partial charge in [0.2, 0.25) is 5.91 Å². The van der Waals surface area contributed by atoms with E-state index in [1.807, 2.05) is 33.9 Å². The quantitative estimate of drug-likeness (QED) is 0.807. The molecular weight excluding hydrogens is 316 g/mol. The van der Waals surface area contributed by atoms with Crippen LogP contribution >= 0.6 is 0 Å². The van der Waals surface area contributed by atoms with Crippen LogP contribution in [0.3, 0.4) is 0 Å². The zero-order valence-corrected chi connectivity index (χ0v) is 15.0. The number of methoxy groups -OCH3 is 1. The van der Waals surface area contributed by atoms with Crippen LogP contribution in [0.1, 0.15) is 24.4 Å². The van der Waals surface area contributed by atoms with Crippen LogP contribution in [-0.2, 0) is 11.3 Å². The van der Waals surface area contributed by atoms with Gasteiger partial charge in [-0.3, -0.25) is 9.69 Å². The predicted molar refractivity (Wildman–Crippen MR) is 96.4 cm³/mol. The Kier molecular flexibility index (Phi) is 5.71. The maximum absolute atomic E-state index is 12.6. The molecule has 0 bridgehead atoms. The van der Waals surface area contributed by atoms with Crippen LogP contribution < -0.4 is 4.74 Å². The van der Waals surface area contributed by atoms with Crippen molar-refractivity contribution in [3.05, 3.63) is 48.5 Å². The Labute approximate surface area is 149 Å². The number of rotatable bonds is 6. The van der Waals surface area contributed by atoms with Crippen molar-refractivity contribution in [2.24, 2.45) is 0 Å². The predicted octanol–water partition coefficient (Wildman–Crippen LogP) is 2.19. The first kappa shape index (κ1) is 17.5. The van der Waals surface area contributed by atoms with E-state index in [0.29, 0.717) is 13.0 Å². The van der Waals surface area contributed by atoms with Crippen molar-refractivity contribution in [3.8, 4) is 5.75 Å². The van der Waals surface area contributed by atoms with Gasteiger partial charge in [-0.1, -0.05) is 18.2 Å². The summed E-state index contributed by atoms with van der Waals surface area (Å²) in [7, 11) is 3.80. The minimum atomic E-state index is 0.169. The molecular formula is C19H26N4O2. The number of nitrogens with zero attached hydrogens (tertiary/aromatic N) is 4. The number of benzene rings is 1. The third kappa shape index (κ3) is 4.20. The van der Waals surface area contributed by atoms with Gasteiger partial charge in [-0.2, -0.15) is 0 Å². The standard InChI is InChI=1S/C19H26N4O2/c1-21-12-13-23(19(24)8-5-10-22-11-9-20-15-22)14-17(21)16-6-3-4-7-18(16)25-2/h3-4,6-7,9,11,15,17H,5,8,10,12-14H2,1-2H3/t17-/m1/s1. The number of carbonyl (C=O) groups excluding carboxylic acids is 1. The number of piperazine rings is 1. The zero-order chi connectivity index (χ0) is 17.6. The summed E-state index contributed by atoms with van der Waals surface area (Å²) in [4.78, 5) is 20.9. The van der Waals surface area contributed by atoms with E-state index in [0.717, 1.165) is 37.4 Å². The van der Waals surface area contributed by atoms with Crippen molar-refractivity contribution in [2.75, 3.05) is 33.8 Å². The van der Waals surface area contributed by atoms with E-state index in [1.165, 1.54) is 0 Å². The van der Waals surface area contributed by atoms with Crippen LogP contribution in [-0.4, -0.2) is 59.0 Å². The van der Waals surface area contributed by atoms with E-state index in [4.69, 9.17) is 4.74 Å². The molecule has 1 fully saturated rings. The van der Waals surface area contributed by atoms with Crippen LogP contribution in [0.15, 0.2) is 43.0 Å².